The van der Waals surface area contributed by atoms with Gasteiger partial charge in [-0.05, 0) is 61.9 Å². The van der Waals surface area contributed by atoms with Gasteiger partial charge in [0.05, 0.1) is 11.2 Å². The van der Waals surface area contributed by atoms with Gasteiger partial charge in [-0.15, -0.1) is 0 Å². The summed E-state index contributed by atoms with van der Waals surface area (Å²) in [7, 11) is -11.8. The highest BCUT2D eigenvalue weighted by atomic mass is 35.5. The molecule has 33 heavy (non-hydrogen) atoms. The zero-order valence-electron chi connectivity index (χ0n) is 17.8. The molecule has 2 atom stereocenters. The molecule has 0 aliphatic carbocycles. The van der Waals surface area contributed by atoms with E-state index in [2.05, 4.69) is 9.71 Å². The number of halogens is 1. The predicted molar refractivity (Wildman–Crippen MR) is 123 cm³/mol. The van der Waals surface area contributed by atoms with Crippen molar-refractivity contribution in [3.05, 3.63) is 47.6 Å². The molecule has 9 nitrogen and oxygen atoms in total. The van der Waals surface area contributed by atoms with Gasteiger partial charge in [-0.3, -0.25) is 0 Å². The fourth-order valence-electron chi connectivity index (χ4n) is 4.71. The minimum absolute atomic E-state index is 0.00520. The number of hydrogen-bond donors (Lipinski definition) is 1. The van der Waals surface area contributed by atoms with Crippen molar-refractivity contribution in [3.8, 4) is 0 Å². The Morgan fingerprint density at radius 2 is 1.67 bits per heavy atom. The Kier molecular flexibility index (Phi) is 6.62. The van der Waals surface area contributed by atoms with Crippen molar-refractivity contribution in [2.75, 3.05) is 12.8 Å². The molecular weight excluding hydrogens is 510 g/mol. The van der Waals surface area contributed by atoms with Crippen molar-refractivity contribution in [3.63, 3.8) is 0 Å². The Bertz CT molecular complexity index is 1350. The predicted octanol–water partition coefficient (Wildman–Crippen LogP) is 2.05. The van der Waals surface area contributed by atoms with E-state index < -0.39 is 34.8 Å². The Labute approximate surface area is 199 Å². The number of rotatable bonds is 7. The summed E-state index contributed by atoms with van der Waals surface area (Å²) in [5.41, 5.74) is 0. The number of hydrogen-bond acceptors (Lipinski definition) is 7. The SMILES string of the molecule is CS(=O)(=O)NCC1CC2CCC(C1)N2S(=O)(=O)c1ccc(Cl)cc1S(=O)(=O)c1ccccn1. The zero-order chi connectivity index (χ0) is 24.0. The van der Waals surface area contributed by atoms with Crippen LogP contribution in [-0.2, 0) is 29.9 Å². The average molecular weight is 534 g/mol. The summed E-state index contributed by atoms with van der Waals surface area (Å²) in [6.45, 7) is 0.250. The van der Waals surface area contributed by atoms with E-state index in [0.29, 0.717) is 25.7 Å². The van der Waals surface area contributed by atoms with Gasteiger partial charge in [0, 0.05) is 29.8 Å². The standard InChI is InChI=1S/C20H24ClN3O6S3/c1-31(25,26)23-13-14-10-16-6-7-17(11-14)24(16)33(29,30)18-8-5-15(21)12-19(18)32(27,28)20-4-2-3-9-22-20/h2-5,8-9,12,14,16-17,23H,6-7,10-11,13H2,1H3. The van der Waals surface area contributed by atoms with Crippen LogP contribution < -0.4 is 4.72 Å². The van der Waals surface area contributed by atoms with E-state index >= 15 is 0 Å². The zero-order valence-corrected chi connectivity index (χ0v) is 21.0. The number of piperidine rings is 1. The van der Waals surface area contributed by atoms with E-state index in [1.54, 1.807) is 6.07 Å². The number of benzene rings is 1. The number of pyridine rings is 1. The van der Waals surface area contributed by atoms with Crippen molar-refractivity contribution in [2.24, 2.45) is 5.92 Å². The summed E-state index contributed by atoms with van der Waals surface area (Å²) in [5, 5.41) is -0.172. The molecule has 0 saturated carbocycles. The van der Waals surface area contributed by atoms with Crippen molar-refractivity contribution < 1.29 is 25.3 Å². The first-order valence-corrected chi connectivity index (χ1v) is 15.5. The van der Waals surface area contributed by atoms with E-state index in [9.17, 15) is 25.3 Å². The topological polar surface area (TPSA) is 131 Å². The fourth-order valence-corrected chi connectivity index (χ4v) is 9.38. The molecule has 2 aliphatic rings. The molecule has 2 saturated heterocycles. The first kappa shape index (κ1) is 24.6. The van der Waals surface area contributed by atoms with Gasteiger partial charge < -0.3 is 0 Å². The van der Waals surface area contributed by atoms with Crippen LogP contribution in [0.3, 0.4) is 0 Å². The van der Waals surface area contributed by atoms with Gasteiger partial charge in [-0.2, -0.15) is 4.31 Å². The smallest absolute Gasteiger partial charge is 0.244 e. The Hall–Kier alpha value is -1.57. The molecule has 0 spiro atoms. The molecular formula is C20H24ClN3O6S3. The van der Waals surface area contributed by atoms with E-state index in [4.69, 9.17) is 11.6 Å². The van der Waals surface area contributed by atoms with E-state index in [1.807, 2.05) is 0 Å². The van der Waals surface area contributed by atoms with Crippen LogP contribution >= 0.6 is 11.6 Å². The van der Waals surface area contributed by atoms with Crippen LogP contribution in [0.15, 0.2) is 57.4 Å². The highest BCUT2D eigenvalue weighted by molar-refractivity contribution is 7.93. The van der Waals surface area contributed by atoms with Gasteiger partial charge in [0.1, 0.15) is 4.90 Å². The molecule has 1 aromatic heterocycles. The fraction of sp³-hybridized carbons (Fsp3) is 0.450. The number of sulfone groups is 1. The highest BCUT2D eigenvalue weighted by Gasteiger charge is 2.48. The number of nitrogens with zero attached hydrogens (tertiary/aromatic N) is 2. The molecule has 13 heteroatoms. The van der Waals surface area contributed by atoms with Crippen LogP contribution in [0.25, 0.3) is 0 Å². The molecule has 2 unspecified atom stereocenters. The third-order valence-corrected chi connectivity index (χ3v) is 10.9. The molecule has 0 amide bonds. The number of nitrogens with one attached hydrogen (secondary N) is 1. The minimum Gasteiger partial charge on any atom is -0.244 e. The largest absolute Gasteiger partial charge is 0.244 e. The monoisotopic (exact) mass is 533 g/mol. The second kappa shape index (κ2) is 8.90. The van der Waals surface area contributed by atoms with Crippen LogP contribution in [0.2, 0.25) is 5.02 Å². The molecule has 4 rings (SSSR count). The number of fused-ring (bicyclic) bond motifs is 2. The molecule has 180 valence electrons. The lowest BCUT2D eigenvalue weighted by Crippen LogP contribution is -2.48. The van der Waals surface area contributed by atoms with Gasteiger partial charge in [-0.1, -0.05) is 17.7 Å². The second-order valence-corrected chi connectivity index (χ2v) is 14.4. The first-order chi connectivity index (χ1) is 15.4. The summed E-state index contributed by atoms with van der Waals surface area (Å²) < 4.78 is 80.9. The lowest BCUT2D eigenvalue weighted by molar-refractivity contribution is 0.191. The van der Waals surface area contributed by atoms with Crippen molar-refractivity contribution in [2.45, 2.75) is 52.6 Å². The average Bonchev–Trinajstić information content (AvgIpc) is 3.04. The molecule has 2 aliphatic heterocycles. The summed E-state index contributed by atoms with van der Waals surface area (Å²) in [6, 6.07) is 7.44. The van der Waals surface area contributed by atoms with Crippen molar-refractivity contribution in [1.82, 2.24) is 14.0 Å². The molecule has 1 N–H and O–H groups in total. The van der Waals surface area contributed by atoms with Crippen LogP contribution in [0.5, 0.6) is 0 Å². The lowest BCUT2D eigenvalue weighted by Gasteiger charge is -2.38. The van der Waals surface area contributed by atoms with Crippen LogP contribution in [0, 0.1) is 5.92 Å². The summed E-state index contributed by atoms with van der Waals surface area (Å²) in [5.74, 6) is 0.00520. The van der Waals surface area contributed by atoms with E-state index in [-0.39, 0.29) is 39.5 Å². The van der Waals surface area contributed by atoms with Crippen molar-refractivity contribution in [1.29, 1.82) is 0 Å². The molecule has 0 radical (unpaired) electrons. The second-order valence-electron chi connectivity index (χ2n) is 8.44. The van der Waals surface area contributed by atoms with Crippen LogP contribution in [0.1, 0.15) is 25.7 Å². The lowest BCUT2D eigenvalue weighted by atomic mass is 9.93. The maximum absolute atomic E-state index is 13.8. The molecule has 1 aromatic carbocycles. The quantitative estimate of drug-likeness (QED) is 0.576. The highest BCUT2D eigenvalue weighted by Crippen LogP contribution is 2.43. The first-order valence-electron chi connectivity index (χ1n) is 10.3. The van der Waals surface area contributed by atoms with Crippen LogP contribution in [0.4, 0.5) is 0 Å². The van der Waals surface area contributed by atoms with E-state index in [1.165, 1.54) is 34.8 Å². The van der Waals surface area contributed by atoms with E-state index in [0.717, 1.165) is 12.3 Å². The normalized spacial score (nSPS) is 24.1. The van der Waals surface area contributed by atoms with Gasteiger partial charge in [0.25, 0.3) is 0 Å². The Balaban J connectivity index is 1.70. The third kappa shape index (κ3) is 4.96. The minimum atomic E-state index is -4.24. The molecule has 2 fully saturated rings. The van der Waals surface area contributed by atoms with Gasteiger partial charge in [0.2, 0.25) is 29.9 Å². The number of sulfonamides is 2. The maximum Gasteiger partial charge on any atom is 0.244 e. The molecule has 2 aromatic rings. The van der Waals surface area contributed by atoms with Gasteiger partial charge in [-0.25, -0.2) is 35.0 Å². The maximum atomic E-state index is 13.8. The molecule has 3 heterocycles. The number of aromatic nitrogens is 1. The Morgan fingerprint density at radius 3 is 2.24 bits per heavy atom. The molecule has 2 bridgehead atoms. The summed E-state index contributed by atoms with van der Waals surface area (Å²) >= 11 is 6.06. The Morgan fingerprint density at radius 1 is 1.00 bits per heavy atom. The van der Waals surface area contributed by atoms with Gasteiger partial charge in [0.15, 0.2) is 5.03 Å². The van der Waals surface area contributed by atoms with Gasteiger partial charge >= 0.3 is 0 Å². The van der Waals surface area contributed by atoms with Crippen LogP contribution in [-0.4, -0.2) is 59.4 Å². The third-order valence-electron chi connectivity index (χ3n) is 6.06. The summed E-state index contributed by atoms with van der Waals surface area (Å²) in [4.78, 5) is 3.15. The van der Waals surface area contributed by atoms with Crippen molar-refractivity contribution >= 4 is 41.5 Å². The summed E-state index contributed by atoms with van der Waals surface area (Å²) in [6.07, 6.45) is 4.67.